The molecule has 0 radical (unpaired) electrons. The van der Waals surface area contributed by atoms with Gasteiger partial charge in [-0.1, -0.05) is 6.92 Å². The molecule has 2 heterocycles. The molecule has 2 fully saturated rings. The number of anilines is 1. The van der Waals surface area contributed by atoms with Gasteiger partial charge in [0.05, 0.1) is 7.11 Å². The number of hydrogen-bond acceptors (Lipinski definition) is 5. The number of nitrogens with one attached hydrogen (secondary N) is 1. The smallest absolute Gasteiger partial charge is 0.329 e. The minimum atomic E-state index is -0.0687. The lowest BCUT2D eigenvalue weighted by molar-refractivity contribution is 0.217. The van der Waals surface area contributed by atoms with Crippen LogP contribution in [0.25, 0.3) is 0 Å². The molecule has 0 bridgehead atoms. The minimum absolute atomic E-state index is 0.0687. The molecule has 19 heavy (non-hydrogen) atoms. The van der Waals surface area contributed by atoms with Gasteiger partial charge in [-0.3, -0.25) is 5.32 Å². The minimum Gasteiger partial charge on any atom is -0.466 e. The van der Waals surface area contributed by atoms with Crippen molar-refractivity contribution in [1.29, 1.82) is 0 Å². The lowest BCUT2D eigenvalue weighted by Crippen LogP contribution is -2.33. The second-order valence-corrected chi connectivity index (χ2v) is 6.27. The van der Waals surface area contributed by atoms with Gasteiger partial charge < -0.3 is 9.64 Å². The Bertz CT molecular complexity index is 464. The molecular formula is C12H18N4O2S. The van der Waals surface area contributed by atoms with Gasteiger partial charge in [0.2, 0.25) is 5.13 Å². The molecule has 1 aromatic heterocycles. The van der Waals surface area contributed by atoms with E-state index in [1.54, 1.807) is 0 Å². The molecular weight excluding hydrogens is 264 g/mol. The van der Waals surface area contributed by atoms with E-state index in [0.717, 1.165) is 30.5 Å². The van der Waals surface area contributed by atoms with E-state index in [-0.39, 0.29) is 6.03 Å². The fraction of sp³-hybridized carbons (Fsp3) is 0.750. The molecule has 2 atom stereocenters. The number of amides is 2. The molecule has 0 aromatic carbocycles. The summed E-state index contributed by atoms with van der Waals surface area (Å²) in [4.78, 5) is 18.1. The van der Waals surface area contributed by atoms with Crippen LogP contribution >= 0.6 is 11.5 Å². The molecule has 1 saturated carbocycles. The predicted octanol–water partition coefficient (Wildman–Crippen LogP) is 2.06. The summed E-state index contributed by atoms with van der Waals surface area (Å²) in [6.07, 6.45) is 2.50. The molecule has 1 aliphatic carbocycles. The summed E-state index contributed by atoms with van der Waals surface area (Å²) in [5.74, 6) is 2.18. The van der Waals surface area contributed by atoms with E-state index in [1.807, 2.05) is 4.90 Å². The zero-order valence-electron chi connectivity index (χ0n) is 11.1. The van der Waals surface area contributed by atoms with Crippen LogP contribution in [0.1, 0.15) is 19.8 Å². The molecule has 2 aliphatic rings. The van der Waals surface area contributed by atoms with Gasteiger partial charge in [0.25, 0.3) is 0 Å². The van der Waals surface area contributed by atoms with Crippen molar-refractivity contribution in [2.75, 3.05) is 25.5 Å². The summed E-state index contributed by atoms with van der Waals surface area (Å²) >= 11 is 1.14. The van der Waals surface area contributed by atoms with E-state index in [9.17, 15) is 4.79 Å². The van der Waals surface area contributed by atoms with Crippen LogP contribution < -0.4 is 10.1 Å². The molecule has 1 N–H and O–H groups in total. The first-order chi connectivity index (χ1) is 9.15. The molecule has 1 aromatic rings. The molecule has 3 rings (SSSR count). The molecule has 2 unspecified atom stereocenters. The van der Waals surface area contributed by atoms with Crippen LogP contribution in [0.3, 0.4) is 0 Å². The summed E-state index contributed by atoms with van der Waals surface area (Å²) in [5, 5.41) is 3.28. The normalized spacial score (nSPS) is 29.4. The van der Waals surface area contributed by atoms with Crippen molar-refractivity contribution in [2.24, 2.45) is 17.8 Å². The maximum absolute atomic E-state index is 12.1. The summed E-state index contributed by atoms with van der Waals surface area (Å²) in [5.41, 5.74) is 0. The van der Waals surface area contributed by atoms with Gasteiger partial charge in [-0.25, -0.2) is 4.79 Å². The third kappa shape index (κ3) is 2.51. The Morgan fingerprint density at radius 1 is 1.42 bits per heavy atom. The van der Waals surface area contributed by atoms with Gasteiger partial charge in [0, 0.05) is 24.6 Å². The topological polar surface area (TPSA) is 67.3 Å². The van der Waals surface area contributed by atoms with Gasteiger partial charge in [0.1, 0.15) is 0 Å². The van der Waals surface area contributed by atoms with Gasteiger partial charge in [-0.2, -0.15) is 4.98 Å². The highest BCUT2D eigenvalue weighted by atomic mass is 32.1. The third-order valence-corrected chi connectivity index (χ3v) is 4.69. The molecule has 1 aliphatic heterocycles. The van der Waals surface area contributed by atoms with E-state index in [4.69, 9.17) is 4.74 Å². The second-order valence-electron chi connectivity index (χ2n) is 5.52. The van der Waals surface area contributed by atoms with Crippen LogP contribution in [0.2, 0.25) is 0 Å². The van der Waals surface area contributed by atoms with E-state index in [1.165, 1.54) is 20.0 Å². The average molecular weight is 282 g/mol. The quantitative estimate of drug-likeness (QED) is 0.901. The number of rotatable bonds is 2. The number of fused-ring (bicyclic) bond motifs is 1. The first-order valence-electron chi connectivity index (χ1n) is 6.59. The number of ether oxygens (including phenoxy) is 1. The number of carbonyl (C=O) groups excluding carboxylic acids is 1. The number of likely N-dealkylation sites (tertiary alicyclic amines) is 1. The van der Waals surface area contributed by atoms with Gasteiger partial charge in [-0.15, -0.1) is 4.37 Å². The van der Waals surface area contributed by atoms with Gasteiger partial charge >= 0.3 is 12.0 Å². The number of hydrogen-bond donors (Lipinski definition) is 1. The Balaban J connectivity index is 1.57. The fourth-order valence-corrected chi connectivity index (χ4v) is 3.81. The molecule has 0 spiro atoms. The first kappa shape index (κ1) is 12.7. The average Bonchev–Trinajstić information content (AvgIpc) is 3.02. The summed E-state index contributed by atoms with van der Waals surface area (Å²) in [7, 11) is 1.51. The van der Waals surface area contributed by atoms with E-state index >= 15 is 0 Å². The Morgan fingerprint density at radius 2 is 2.11 bits per heavy atom. The highest BCUT2D eigenvalue weighted by Crippen LogP contribution is 2.41. The van der Waals surface area contributed by atoms with Crippen LogP contribution in [0.5, 0.6) is 6.01 Å². The SMILES string of the molecule is COc1nsc(NC(=O)N2CC3CC(C)CC3C2)n1. The van der Waals surface area contributed by atoms with E-state index < -0.39 is 0 Å². The first-order valence-corrected chi connectivity index (χ1v) is 7.36. The van der Waals surface area contributed by atoms with Gasteiger partial charge in [-0.05, 0) is 30.6 Å². The van der Waals surface area contributed by atoms with Crippen molar-refractivity contribution < 1.29 is 9.53 Å². The largest absolute Gasteiger partial charge is 0.466 e. The number of aromatic nitrogens is 2. The van der Waals surface area contributed by atoms with Crippen LogP contribution in [0.4, 0.5) is 9.93 Å². The zero-order valence-corrected chi connectivity index (χ0v) is 11.9. The summed E-state index contributed by atoms with van der Waals surface area (Å²) in [6, 6.07) is 0.230. The predicted molar refractivity (Wildman–Crippen MR) is 72.4 cm³/mol. The second kappa shape index (κ2) is 4.96. The lowest BCUT2D eigenvalue weighted by Gasteiger charge is -2.17. The monoisotopic (exact) mass is 282 g/mol. The number of carbonyl (C=O) groups is 1. The fourth-order valence-electron chi connectivity index (χ4n) is 3.28. The van der Waals surface area contributed by atoms with E-state index in [2.05, 4.69) is 21.6 Å². The van der Waals surface area contributed by atoms with E-state index in [0.29, 0.717) is 23.0 Å². The molecule has 104 valence electrons. The summed E-state index contributed by atoms with van der Waals surface area (Å²) < 4.78 is 8.85. The highest BCUT2D eigenvalue weighted by Gasteiger charge is 2.40. The number of nitrogens with zero attached hydrogens (tertiary/aromatic N) is 3. The van der Waals surface area contributed by atoms with Crippen molar-refractivity contribution >= 4 is 22.7 Å². The van der Waals surface area contributed by atoms with Crippen molar-refractivity contribution in [3.63, 3.8) is 0 Å². The van der Waals surface area contributed by atoms with Crippen LogP contribution in [0, 0.1) is 17.8 Å². The standard InChI is InChI=1S/C12H18N4O2S/c1-7-3-8-5-16(6-9(8)4-7)12(17)14-11-13-10(18-2)15-19-11/h7-9H,3-6H2,1-2H3,(H,13,14,15,17). The number of methoxy groups -OCH3 is 1. The van der Waals surface area contributed by atoms with Crippen LogP contribution in [0.15, 0.2) is 0 Å². The Morgan fingerprint density at radius 3 is 2.68 bits per heavy atom. The highest BCUT2D eigenvalue weighted by molar-refractivity contribution is 7.10. The third-order valence-electron chi connectivity index (χ3n) is 4.08. The van der Waals surface area contributed by atoms with Crippen molar-refractivity contribution in [2.45, 2.75) is 19.8 Å². The lowest BCUT2D eigenvalue weighted by atomic mass is 10.0. The van der Waals surface area contributed by atoms with Crippen LogP contribution in [-0.2, 0) is 0 Å². The van der Waals surface area contributed by atoms with Crippen molar-refractivity contribution in [3.05, 3.63) is 0 Å². The molecule has 6 nitrogen and oxygen atoms in total. The Kier molecular flexibility index (Phi) is 3.30. The maximum atomic E-state index is 12.1. The molecule has 1 saturated heterocycles. The summed E-state index contributed by atoms with van der Waals surface area (Å²) in [6.45, 7) is 4.05. The zero-order chi connectivity index (χ0) is 13.4. The Hall–Kier alpha value is -1.37. The van der Waals surface area contributed by atoms with Crippen molar-refractivity contribution in [3.8, 4) is 6.01 Å². The number of urea groups is 1. The Labute approximate surface area is 116 Å². The molecule has 2 amide bonds. The maximum Gasteiger partial charge on any atom is 0.329 e. The van der Waals surface area contributed by atoms with Crippen LogP contribution in [-0.4, -0.2) is 40.5 Å². The molecule has 7 heteroatoms. The van der Waals surface area contributed by atoms with Crippen molar-refractivity contribution in [1.82, 2.24) is 14.3 Å². The van der Waals surface area contributed by atoms with Gasteiger partial charge in [0.15, 0.2) is 0 Å².